The topological polar surface area (TPSA) is 35.4 Å². The number of nitrogens with zero attached hydrogens (tertiary/aromatic N) is 1. The largest absolute Gasteiger partial charge is 0.586 e. The van der Waals surface area contributed by atoms with E-state index in [2.05, 4.69) is 4.40 Å². The second-order valence-corrected chi connectivity index (χ2v) is 6.75. The Morgan fingerprint density at radius 1 is 1.17 bits per heavy atom. The first-order valence-electron chi connectivity index (χ1n) is 6.77. The summed E-state index contributed by atoms with van der Waals surface area (Å²) in [5.74, 6) is 2.26. The molecule has 18 heavy (non-hydrogen) atoms. The van der Waals surface area contributed by atoms with E-state index in [4.69, 9.17) is 0 Å². The van der Waals surface area contributed by atoms with E-state index in [-0.39, 0.29) is 0 Å². The van der Waals surface area contributed by atoms with Crippen molar-refractivity contribution < 1.29 is 4.55 Å². The summed E-state index contributed by atoms with van der Waals surface area (Å²) in [7, 11) is 0. The highest BCUT2D eigenvalue weighted by molar-refractivity contribution is 7.90. The molecule has 2 saturated carbocycles. The van der Waals surface area contributed by atoms with Gasteiger partial charge in [0.15, 0.2) is 4.90 Å². The van der Waals surface area contributed by atoms with Gasteiger partial charge in [0.25, 0.3) is 0 Å². The van der Waals surface area contributed by atoms with Crippen LogP contribution in [0.2, 0.25) is 0 Å². The van der Waals surface area contributed by atoms with Crippen molar-refractivity contribution in [3.05, 3.63) is 29.8 Å². The fourth-order valence-electron chi connectivity index (χ4n) is 2.43. The molecule has 0 amide bonds. The summed E-state index contributed by atoms with van der Waals surface area (Å²) in [6, 6.07) is 7.79. The third-order valence-corrected chi connectivity index (χ3v) is 4.87. The molecule has 3 heteroatoms. The molecule has 2 fully saturated rings. The number of hydrogen-bond donors (Lipinski definition) is 0. The zero-order valence-electron chi connectivity index (χ0n) is 10.7. The van der Waals surface area contributed by atoms with Crippen LogP contribution in [0, 0.1) is 24.7 Å². The molecule has 0 aromatic heterocycles. The predicted molar refractivity (Wildman–Crippen MR) is 75.0 cm³/mol. The summed E-state index contributed by atoms with van der Waals surface area (Å²) in [6.07, 6.45) is 7.34. The highest BCUT2D eigenvalue weighted by Crippen LogP contribution is 2.48. The zero-order valence-corrected chi connectivity index (χ0v) is 11.5. The fraction of sp³-hybridized carbons (Fsp3) is 0.533. The van der Waals surface area contributed by atoms with Gasteiger partial charge in [-0.2, -0.15) is 0 Å². The number of aryl methyl sites for hydroxylation is 1. The highest BCUT2D eigenvalue weighted by Gasteiger charge is 2.40. The quantitative estimate of drug-likeness (QED) is 0.590. The molecular weight excluding hydrogens is 242 g/mol. The number of benzene rings is 1. The molecule has 0 aliphatic heterocycles. The SMILES string of the molecule is Cc1ccc([S+]([O-])N=CC(C2CC2)C2CC2)cc1. The normalized spacial score (nSPS) is 21.7. The van der Waals surface area contributed by atoms with E-state index in [0.29, 0.717) is 5.92 Å². The van der Waals surface area contributed by atoms with Crippen LogP contribution in [0.1, 0.15) is 31.2 Å². The van der Waals surface area contributed by atoms with Gasteiger partial charge in [-0.05, 0) is 56.6 Å². The minimum absolute atomic E-state index is 0.597. The van der Waals surface area contributed by atoms with Crippen LogP contribution >= 0.6 is 0 Å². The maximum absolute atomic E-state index is 12.1. The number of hydrogen-bond acceptors (Lipinski definition) is 2. The van der Waals surface area contributed by atoms with Gasteiger partial charge < -0.3 is 4.55 Å². The van der Waals surface area contributed by atoms with E-state index in [1.807, 2.05) is 37.4 Å². The summed E-state index contributed by atoms with van der Waals surface area (Å²) in [6.45, 7) is 2.03. The Hall–Kier alpha value is -0.800. The Bertz CT molecular complexity index is 422. The van der Waals surface area contributed by atoms with Crippen molar-refractivity contribution in [3.8, 4) is 0 Å². The molecule has 1 aromatic rings. The van der Waals surface area contributed by atoms with Crippen LogP contribution in [0.5, 0.6) is 0 Å². The third kappa shape index (κ3) is 2.96. The van der Waals surface area contributed by atoms with E-state index >= 15 is 0 Å². The van der Waals surface area contributed by atoms with Gasteiger partial charge in [0.05, 0.1) is 6.21 Å². The summed E-state index contributed by atoms with van der Waals surface area (Å²) >= 11 is -1.22. The maximum Gasteiger partial charge on any atom is 0.182 e. The van der Waals surface area contributed by atoms with Crippen molar-refractivity contribution in [1.82, 2.24) is 0 Å². The van der Waals surface area contributed by atoms with Gasteiger partial charge in [-0.1, -0.05) is 22.1 Å². The monoisotopic (exact) mass is 261 g/mol. The van der Waals surface area contributed by atoms with Crippen LogP contribution in [-0.4, -0.2) is 10.8 Å². The molecule has 0 spiro atoms. The van der Waals surface area contributed by atoms with Gasteiger partial charge >= 0.3 is 0 Å². The lowest BCUT2D eigenvalue weighted by Gasteiger charge is -2.08. The summed E-state index contributed by atoms with van der Waals surface area (Å²) in [4.78, 5) is 0.808. The van der Waals surface area contributed by atoms with Gasteiger partial charge in [0.2, 0.25) is 0 Å². The molecule has 0 saturated heterocycles. The molecule has 1 aromatic carbocycles. The van der Waals surface area contributed by atoms with Crippen LogP contribution in [0.15, 0.2) is 33.6 Å². The number of rotatable bonds is 5. The van der Waals surface area contributed by atoms with E-state index < -0.39 is 11.4 Å². The molecule has 96 valence electrons. The molecule has 0 bridgehead atoms. The van der Waals surface area contributed by atoms with Gasteiger partial charge in [-0.25, -0.2) is 0 Å². The van der Waals surface area contributed by atoms with Crippen LogP contribution in [0.25, 0.3) is 0 Å². The smallest absolute Gasteiger partial charge is 0.182 e. The second kappa shape index (κ2) is 5.06. The maximum atomic E-state index is 12.1. The van der Waals surface area contributed by atoms with E-state index in [1.165, 1.54) is 31.2 Å². The Morgan fingerprint density at radius 3 is 2.22 bits per heavy atom. The standard InChI is InChI=1S/C15H19NOS/c1-11-2-8-14(9-3-11)18(17)16-10-15(12-4-5-12)13-6-7-13/h2-3,8-10,12-13,15H,4-7H2,1H3. The minimum atomic E-state index is -1.22. The van der Waals surface area contributed by atoms with E-state index in [0.717, 1.165) is 16.7 Å². The van der Waals surface area contributed by atoms with Gasteiger partial charge in [0.1, 0.15) is 11.4 Å². The lowest BCUT2D eigenvalue weighted by molar-refractivity contribution is 0.544. The summed E-state index contributed by atoms with van der Waals surface area (Å²) in [5, 5.41) is 0. The third-order valence-electron chi connectivity index (χ3n) is 3.88. The molecule has 0 heterocycles. The zero-order chi connectivity index (χ0) is 12.5. The lowest BCUT2D eigenvalue weighted by atomic mass is 10.00. The second-order valence-electron chi connectivity index (χ2n) is 5.57. The molecule has 0 radical (unpaired) electrons. The van der Waals surface area contributed by atoms with Crippen LogP contribution in [0.3, 0.4) is 0 Å². The summed E-state index contributed by atoms with van der Waals surface area (Å²) < 4.78 is 16.4. The van der Waals surface area contributed by atoms with Gasteiger partial charge in [-0.15, -0.1) is 0 Å². The first kappa shape index (κ1) is 12.2. The van der Waals surface area contributed by atoms with Crippen molar-refractivity contribution in [2.75, 3.05) is 0 Å². The molecule has 3 rings (SSSR count). The van der Waals surface area contributed by atoms with E-state index in [9.17, 15) is 4.55 Å². The van der Waals surface area contributed by atoms with Crippen molar-refractivity contribution in [2.24, 2.45) is 22.2 Å². The first-order chi connectivity index (χ1) is 8.74. The van der Waals surface area contributed by atoms with Gasteiger partial charge in [-0.3, -0.25) is 0 Å². The molecule has 1 unspecified atom stereocenters. The minimum Gasteiger partial charge on any atom is -0.586 e. The fourth-order valence-corrected chi connectivity index (χ4v) is 3.17. The molecular formula is C15H19NOS. The van der Waals surface area contributed by atoms with Gasteiger partial charge in [0, 0.05) is 5.92 Å². The Labute approximate surface area is 112 Å². The van der Waals surface area contributed by atoms with E-state index in [1.54, 1.807) is 0 Å². The lowest BCUT2D eigenvalue weighted by Crippen LogP contribution is -2.09. The Morgan fingerprint density at radius 2 is 1.72 bits per heavy atom. The molecule has 0 N–H and O–H groups in total. The van der Waals surface area contributed by atoms with Crippen molar-refractivity contribution >= 4 is 17.6 Å². The van der Waals surface area contributed by atoms with Crippen LogP contribution in [0.4, 0.5) is 0 Å². The highest BCUT2D eigenvalue weighted by atomic mass is 32.2. The van der Waals surface area contributed by atoms with Crippen molar-refractivity contribution in [2.45, 2.75) is 37.5 Å². The van der Waals surface area contributed by atoms with Crippen molar-refractivity contribution in [1.29, 1.82) is 0 Å². The predicted octanol–water partition coefficient (Wildman–Crippen LogP) is 3.52. The van der Waals surface area contributed by atoms with Crippen LogP contribution in [-0.2, 0) is 11.4 Å². The Kier molecular flexibility index (Phi) is 3.44. The average molecular weight is 261 g/mol. The molecule has 1 atom stereocenters. The van der Waals surface area contributed by atoms with Crippen LogP contribution < -0.4 is 0 Å². The molecule has 2 aliphatic carbocycles. The summed E-state index contributed by atoms with van der Waals surface area (Å²) in [5.41, 5.74) is 1.19. The Balaban J connectivity index is 1.65. The first-order valence-corrected chi connectivity index (χ1v) is 7.87. The van der Waals surface area contributed by atoms with Crippen molar-refractivity contribution in [3.63, 3.8) is 0 Å². The molecule has 2 aliphatic rings. The average Bonchev–Trinajstić information content (AvgIpc) is 3.24. The molecule has 2 nitrogen and oxygen atoms in total.